The predicted molar refractivity (Wildman–Crippen MR) is 204 cm³/mol. The number of hydrogen-bond donors (Lipinski definition) is 0. The van der Waals surface area contributed by atoms with Gasteiger partial charge >= 0.3 is 0 Å². The van der Waals surface area contributed by atoms with Gasteiger partial charge in [-0.1, -0.05) is 127 Å². The Bertz CT molecular complexity index is 3060. The van der Waals surface area contributed by atoms with E-state index in [1.165, 1.54) is 47.1 Å². The molecule has 0 N–H and O–H groups in total. The topological polar surface area (TPSA) is 30.7 Å². The van der Waals surface area contributed by atoms with Gasteiger partial charge in [0.05, 0.1) is 22.2 Å². The van der Waals surface area contributed by atoms with E-state index in [-0.39, 0.29) is 0 Å². The SMILES string of the molecule is c1ccc(-c2ccccc2-c2nc(-n3c4cccc5ccc6c7sc8ccccc8c7cc3c6c54)nc3ccc4ccccc4c23)cc1. The van der Waals surface area contributed by atoms with E-state index in [0.717, 1.165) is 49.7 Å². The molecule has 0 aliphatic rings. The first-order chi connectivity index (χ1) is 23.8. The highest BCUT2D eigenvalue weighted by Gasteiger charge is 2.23. The quantitative estimate of drug-likeness (QED) is 0.183. The highest BCUT2D eigenvalue weighted by atomic mass is 32.1. The number of aromatic nitrogens is 3. The molecule has 3 heterocycles. The van der Waals surface area contributed by atoms with E-state index in [1.807, 2.05) is 11.3 Å². The van der Waals surface area contributed by atoms with E-state index in [1.54, 1.807) is 0 Å². The molecule has 3 nitrogen and oxygen atoms in total. The van der Waals surface area contributed by atoms with Gasteiger partial charge in [0.2, 0.25) is 5.95 Å². The number of hydrogen-bond acceptors (Lipinski definition) is 3. The van der Waals surface area contributed by atoms with Crippen LogP contribution in [0.25, 0.3) is 103 Å². The molecular weight excluding hydrogens is 603 g/mol. The third-order valence-corrected chi connectivity index (χ3v) is 11.2. The van der Waals surface area contributed by atoms with Gasteiger partial charge in [0.1, 0.15) is 0 Å². The van der Waals surface area contributed by atoms with Crippen LogP contribution in [0.15, 0.2) is 152 Å². The van der Waals surface area contributed by atoms with Gasteiger partial charge in [0, 0.05) is 47.3 Å². The molecule has 3 aromatic heterocycles. The molecule has 4 heteroatoms. The summed E-state index contributed by atoms with van der Waals surface area (Å²) in [4.78, 5) is 11.0. The largest absolute Gasteiger partial charge is 0.278 e. The van der Waals surface area contributed by atoms with Gasteiger partial charge in [-0.05, 0) is 51.6 Å². The summed E-state index contributed by atoms with van der Waals surface area (Å²) < 4.78 is 4.94. The Morgan fingerprint density at radius 3 is 2.12 bits per heavy atom. The third-order valence-electron chi connectivity index (χ3n) is 9.96. The fourth-order valence-electron chi connectivity index (χ4n) is 7.89. The maximum atomic E-state index is 5.59. The van der Waals surface area contributed by atoms with Gasteiger partial charge in [-0.15, -0.1) is 11.3 Å². The molecule has 0 unspecified atom stereocenters. The molecule has 0 amide bonds. The lowest BCUT2D eigenvalue weighted by Crippen LogP contribution is -2.04. The van der Waals surface area contributed by atoms with Gasteiger partial charge in [-0.3, -0.25) is 4.57 Å². The summed E-state index contributed by atoms with van der Waals surface area (Å²) >= 11 is 1.88. The van der Waals surface area contributed by atoms with Gasteiger partial charge in [0.15, 0.2) is 0 Å². The summed E-state index contributed by atoms with van der Waals surface area (Å²) in [6, 6.07) is 54.5. The molecule has 11 rings (SSSR count). The lowest BCUT2D eigenvalue weighted by Gasteiger charge is -2.16. The summed E-state index contributed by atoms with van der Waals surface area (Å²) in [5, 5.41) is 11.0. The Morgan fingerprint density at radius 1 is 0.458 bits per heavy atom. The Balaban J connectivity index is 1.32. The van der Waals surface area contributed by atoms with Crippen LogP contribution in [0.5, 0.6) is 0 Å². The van der Waals surface area contributed by atoms with E-state index in [4.69, 9.17) is 9.97 Å². The minimum absolute atomic E-state index is 0.680. The molecule has 0 aliphatic carbocycles. The van der Waals surface area contributed by atoms with Crippen LogP contribution in [0.2, 0.25) is 0 Å². The normalized spacial score (nSPS) is 12.2. The second kappa shape index (κ2) is 9.71. The van der Waals surface area contributed by atoms with Gasteiger partial charge in [-0.25, -0.2) is 9.97 Å². The van der Waals surface area contributed by atoms with Crippen LogP contribution in [0.1, 0.15) is 0 Å². The van der Waals surface area contributed by atoms with E-state index in [0.29, 0.717) is 5.95 Å². The minimum Gasteiger partial charge on any atom is -0.278 e. The number of nitrogens with zero attached hydrogens (tertiary/aromatic N) is 3. The number of benzene rings is 8. The summed E-state index contributed by atoms with van der Waals surface area (Å²) in [6.07, 6.45) is 0. The summed E-state index contributed by atoms with van der Waals surface area (Å²) in [5.74, 6) is 0.680. The van der Waals surface area contributed by atoms with Crippen LogP contribution in [-0.4, -0.2) is 14.5 Å². The molecule has 0 saturated heterocycles. The highest BCUT2D eigenvalue weighted by molar-refractivity contribution is 7.26. The Labute approximate surface area is 279 Å². The van der Waals surface area contributed by atoms with Crippen molar-refractivity contribution in [2.24, 2.45) is 0 Å². The molecule has 8 aromatic carbocycles. The number of fused-ring (bicyclic) bond motifs is 7. The minimum atomic E-state index is 0.680. The van der Waals surface area contributed by atoms with E-state index < -0.39 is 0 Å². The second-order valence-corrected chi connectivity index (χ2v) is 13.6. The van der Waals surface area contributed by atoms with Crippen LogP contribution >= 0.6 is 11.3 Å². The van der Waals surface area contributed by atoms with Crippen LogP contribution in [0.4, 0.5) is 0 Å². The zero-order chi connectivity index (χ0) is 31.3. The fraction of sp³-hybridized carbons (Fsp3) is 0. The lowest BCUT2D eigenvalue weighted by molar-refractivity contribution is 1.02. The van der Waals surface area contributed by atoms with Crippen molar-refractivity contribution < 1.29 is 0 Å². The van der Waals surface area contributed by atoms with Crippen molar-refractivity contribution in [3.8, 4) is 28.3 Å². The van der Waals surface area contributed by atoms with Crippen molar-refractivity contribution in [3.05, 3.63) is 152 Å². The van der Waals surface area contributed by atoms with E-state index in [2.05, 4.69) is 156 Å². The molecule has 0 radical (unpaired) electrons. The maximum absolute atomic E-state index is 5.59. The molecule has 0 bridgehead atoms. The molecular formula is C44H25N3S. The van der Waals surface area contributed by atoms with Crippen molar-refractivity contribution in [2.75, 3.05) is 0 Å². The third kappa shape index (κ3) is 3.52. The molecule has 222 valence electrons. The lowest BCUT2D eigenvalue weighted by atomic mass is 9.94. The number of thiophene rings is 1. The monoisotopic (exact) mass is 627 g/mol. The Morgan fingerprint density at radius 2 is 1.21 bits per heavy atom. The van der Waals surface area contributed by atoms with Gasteiger partial charge in [-0.2, -0.15) is 0 Å². The van der Waals surface area contributed by atoms with Crippen molar-refractivity contribution in [1.82, 2.24) is 14.5 Å². The summed E-state index contributed by atoms with van der Waals surface area (Å²) in [5.41, 5.74) is 7.53. The molecule has 0 spiro atoms. The highest BCUT2D eigenvalue weighted by Crippen LogP contribution is 2.46. The van der Waals surface area contributed by atoms with Crippen LogP contribution in [0, 0.1) is 0 Å². The maximum Gasteiger partial charge on any atom is 0.235 e. The number of rotatable bonds is 3. The Hall–Kier alpha value is -6.10. The molecule has 0 aliphatic heterocycles. The Kier molecular flexibility index (Phi) is 5.26. The molecule has 0 saturated carbocycles. The van der Waals surface area contributed by atoms with E-state index >= 15 is 0 Å². The van der Waals surface area contributed by atoms with Crippen LogP contribution < -0.4 is 0 Å². The van der Waals surface area contributed by atoms with Gasteiger partial charge < -0.3 is 0 Å². The first-order valence-corrected chi connectivity index (χ1v) is 17.1. The molecule has 0 atom stereocenters. The summed E-state index contributed by atoms with van der Waals surface area (Å²) in [6.45, 7) is 0. The second-order valence-electron chi connectivity index (χ2n) is 12.5. The zero-order valence-corrected chi connectivity index (χ0v) is 26.5. The van der Waals surface area contributed by atoms with Crippen molar-refractivity contribution in [2.45, 2.75) is 0 Å². The standard InChI is InChI=1S/C44H25N3S/c1-2-11-26(12-3-1)29-15-6-7-18-32(29)42-40-30-16-5-4-13-27(30)22-24-35(40)45-44(46-42)47-36-19-10-14-28-21-23-33-41(39(28)36)37(47)25-34-31-17-8-9-20-38(31)48-43(33)34/h1-25H. The van der Waals surface area contributed by atoms with E-state index in [9.17, 15) is 0 Å². The summed E-state index contributed by atoms with van der Waals surface area (Å²) in [7, 11) is 0. The first kappa shape index (κ1) is 26.0. The van der Waals surface area contributed by atoms with Crippen molar-refractivity contribution in [1.29, 1.82) is 0 Å². The average Bonchev–Trinajstić information content (AvgIpc) is 3.70. The molecule has 11 aromatic rings. The van der Waals surface area contributed by atoms with Crippen molar-refractivity contribution in [3.63, 3.8) is 0 Å². The fourth-order valence-corrected chi connectivity index (χ4v) is 9.10. The predicted octanol–water partition coefficient (Wildman–Crippen LogP) is 12.2. The average molecular weight is 628 g/mol. The zero-order valence-electron chi connectivity index (χ0n) is 25.7. The van der Waals surface area contributed by atoms with Crippen molar-refractivity contribution >= 4 is 85.8 Å². The first-order valence-electron chi connectivity index (χ1n) is 16.3. The molecule has 0 fully saturated rings. The van der Waals surface area contributed by atoms with Gasteiger partial charge in [0.25, 0.3) is 0 Å². The smallest absolute Gasteiger partial charge is 0.235 e. The van der Waals surface area contributed by atoms with Crippen LogP contribution in [-0.2, 0) is 0 Å². The van der Waals surface area contributed by atoms with Crippen LogP contribution in [0.3, 0.4) is 0 Å². The molecule has 48 heavy (non-hydrogen) atoms.